The summed E-state index contributed by atoms with van der Waals surface area (Å²) in [5, 5.41) is 0. The van der Waals surface area contributed by atoms with Crippen LogP contribution in [0.15, 0.2) is 24.3 Å². The monoisotopic (exact) mass is 204 g/mol. The third kappa shape index (κ3) is 1.88. The minimum atomic E-state index is -0.348. The molecule has 0 saturated heterocycles. The molecule has 2 N–H and O–H groups in total. The highest BCUT2D eigenvalue weighted by molar-refractivity contribution is 5.82. The van der Waals surface area contributed by atoms with E-state index in [-0.39, 0.29) is 11.9 Å². The first-order chi connectivity index (χ1) is 7.22. The van der Waals surface area contributed by atoms with Crippen LogP contribution in [0.2, 0.25) is 0 Å². The lowest BCUT2D eigenvalue weighted by Gasteiger charge is -2.19. The van der Waals surface area contributed by atoms with E-state index in [1.165, 1.54) is 11.1 Å². The molecule has 1 atom stereocenters. The van der Waals surface area contributed by atoms with Crippen LogP contribution >= 0.6 is 0 Å². The molecule has 0 fully saturated rings. The second-order valence-electron chi connectivity index (χ2n) is 3.98. The number of carbonyl (C=O) groups excluding carboxylic acids is 1. The molecular weight excluding hydrogens is 188 g/mol. The van der Waals surface area contributed by atoms with Gasteiger partial charge in [-0.3, -0.25) is 4.79 Å². The van der Waals surface area contributed by atoms with Crippen molar-refractivity contribution in [3.63, 3.8) is 0 Å². The van der Waals surface area contributed by atoms with Crippen LogP contribution in [0, 0.1) is 0 Å². The Hall–Kier alpha value is -1.35. The third-order valence-corrected chi connectivity index (χ3v) is 2.91. The maximum absolute atomic E-state index is 11.8. The van der Waals surface area contributed by atoms with E-state index in [9.17, 15) is 4.79 Å². The van der Waals surface area contributed by atoms with E-state index < -0.39 is 0 Å². The van der Waals surface area contributed by atoms with Crippen molar-refractivity contribution in [2.24, 2.45) is 5.73 Å². The number of amides is 1. The number of rotatable bonds is 2. The lowest BCUT2D eigenvalue weighted by Crippen LogP contribution is -2.40. The van der Waals surface area contributed by atoms with E-state index in [1.54, 1.807) is 0 Å². The molecule has 1 aliphatic rings. The van der Waals surface area contributed by atoms with Crippen molar-refractivity contribution in [2.45, 2.75) is 32.5 Å². The van der Waals surface area contributed by atoms with Crippen LogP contribution in [-0.2, 0) is 17.9 Å². The Labute approximate surface area is 89.9 Å². The number of nitrogens with two attached hydrogens (primary N) is 1. The summed E-state index contributed by atoms with van der Waals surface area (Å²) in [6, 6.07) is 7.80. The molecule has 0 bridgehead atoms. The maximum Gasteiger partial charge on any atom is 0.240 e. The van der Waals surface area contributed by atoms with Gasteiger partial charge in [0.05, 0.1) is 6.04 Å². The zero-order valence-electron chi connectivity index (χ0n) is 8.94. The van der Waals surface area contributed by atoms with Crippen molar-refractivity contribution in [3.05, 3.63) is 35.4 Å². The van der Waals surface area contributed by atoms with Gasteiger partial charge in [-0.15, -0.1) is 0 Å². The van der Waals surface area contributed by atoms with Crippen molar-refractivity contribution in [1.29, 1.82) is 0 Å². The smallest absolute Gasteiger partial charge is 0.240 e. The molecule has 0 aromatic heterocycles. The molecule has 0 radical (unpaired) electrons. The van der Waals surface area contributed by atoms with E-state index >= 15 is 0 Å². The molecule has 0 saturated carbocycles. The molecule has 0 unspecified atom stereocenters. The van der Waals surface area contributed by atoms with E-state index in [2.05, 4.69) is 12.1 Å². The standard InChI is InChI=1S/C12H16N2O/c1-2-11(13)12(15)14-7-9-5-3-4-6-10(9)8-14/h3-6,11H,2,7-8,13H2,1H3/t11-/m0/s1. The SMILES string of the molecule is CC[C@H](N)C(=O)N1Cc2ccccc2C1. The largest absolute Gasteiger partial charge is 0.333 e. The Morgan fingerprint density at radius 3 is 2.40 bits per heavy atom. The van der Waals surface area contributed by atoms with E-state index in [4.69, 9.17) is 5.73 Å². The number of nitrogens with zero attached hydrogens (tertiary/aromatic N) is 1. The summed E-state index contributed by atoms with van der Waals surface area (Å²) in [5.41, 5.74) is 8.23. The molecule has 1 amide bonds. The van der Waals surface area contributed by atoms with Crippen molar-refractivity contribution in [3.8, 4) is 0 Å². The molecule has 0 aliphatic carbocycles. The minimum Gasteiger partial charge on any atom is -0.333 e. The molecule has 1 aromatic rings. The second kappa shape index (κ2) is 4.03. The third-order valence-electron chi connectivity index (χ3n) is 2.91. The number of fused-ring (bicyclic) bond motifs is 1. The van der Waals surface area contributed by atoms with Gasteiger partial charge in [-0.05, 0) is 17.5 Å². The number of carbonyl (C=O) groups is 1. The van der Waals surface area contributed by atoms with Gasteiger partial charge in [-0.2, -0.15) is 0 Å². The molecule has 2 rings (SSSR count). The second-order valence-corrected chi connectivity index (χ2v) is 3.98. The quantitative estimate of drug-likeness (QED) is 0.788. The first-order valence-electron chi connectivity index (χ1n) is 5.33. The summed E-state index contributed by atoms with van der Waals surface area (Å²) in [4.78, 5) is 13.7. The van der Waals surface area contributed by atoms with Crippen LogP contribution in [0.5, 0.6) is 0 Å². The molecule has 1 aliphatic heterocycles. The molecule has 15 heavy (non-hydrogen) atoms. The highest BCUT2D eigenvalue weighted by atomic mass is 16.2. The van der Waals surface area contributed by atoms with Crippen LogP contribution in [0.4, 0.5) is 0 Å². The summed E-state index contributed by atoms with van der Waals surface area (Å²) >= 11 is 0. The molecule has 1 aromatic carbocycles. The fourth-order valence-corrected chi connectivity index (χ4v) is 1.90. The topological polar surface area (TPSA) is 46.3 Å². The average Bonchev–Trinajstić information content (AvgIpc) is 2.70. The van der Waals surface area contributed by atoms with Crippen LogP contribution in [0.25, 0.3) is 0 Å². The highest BCUT2D eigenvalue weighted by Gasteiger charge is 2.25. The van der Waals surface area contributed by atoms with Gasteiger partial charge in [0.15, 0.2) is 0 Å². The summed E-state index contributed by atoms with van der Waals surface area (Å²) in [6.07, 6.45) is 0.700. The Morgan fingerprint density at radius 1 is 1.40 bits per heavy atom. The van der Waals surface area contributed by atoms with Crippen molar-refractivity contribution < 1.29 is 4.79 Å². The number of hydrogen-bond donors (Lipinski definition) is 1. The van der Waals surface area contributed by atoms with Crippen molar-refractivity contribution in [1.82, 2.24) is 4.90 Å². The number of hydrogen-bond acceptors (Lipinski definition) is 2. The highest BCUT2D eigenvalue weighted by Crippen LogP contribution is 2.22. The molecule has 0 spiro atoms. The zero-order chi connectivity index (χ0) is 10.8. The average molecular weight is 204 g/mol. The zero-order valence-corrected chi connectivity index (χ0v) is 8.94. The van der Waals surface area contributed by atoms with Gasteiger partial charge in [-0.25, -0.2) is 0 Å². The summed E-state index contributed by atoms with van der Waals surface area (Å²) in [6.45, 7) is 3.36. The molecule has 3 nitrogen and oxygen atoms in total. The predicted octanol–water partition coefficient (Wildman–Crippen LogP) is 1.27. The summed E-state index contributed by atoms with van der Waals surface area (Å²) in [5.74, 6) is 0.0636. The lowest BCUT2D eigenvalue weighted by atomic mass is 10.1. The van der Waals surface area contributed by atoms with Gasteiger partial charge in [0.1, 0.15) is 0 Å². The van der Waals surface area contributed by atoms with Gasteiger partial charge < -0.3 is 10.6 Å². The minimum absolute atomic E-state index is 0.0636. The Bertz CT molecular complexity index is 351. The molecule has 80 valence electrons. The molecule has 1 heterocycles. The van der Waals surface area contributed by atoms with Crippen molar-refractivity contribution in [2.75, 3.05) is 0 Å². The first-order valence-corrected chi connectivity index (χ1v) is 5.33. The van der Waals surface area contributed by atoms with E-state index in [1.807, 2.05) is 24.0 Å². The molecule has 3 heteroatoms. The summed E-state index contributed by atoms with van der Waals surface area (Å²) < 4.78 is 0. The first kappa shape index (κ1) is 10.2. The Balaban J connectivity index is 2.10. The van der Waals surface area contributed by atoms with Crippen molar-refractivity contribution >= 4 is 5.91 Å². The van der Waals surface area contributed by atoms with Gasteiger partial charge >= 0.3 is 0 Å². The fraction of sp³-hybridized carbons (Fsp3) is 0.417. The fourth-order valence-electron chi connectivity index (χ4n) is 1.90. The van der Waals surface area contributed by atoms with Gasteiger partial charge in [0.25, 0.3) is 0 Å². The van der Waals surface area contributed by atoms with E-state index in [0.717, 1.165) is 0 Å². The van der Waals surface area contributed by atoms with Gasteiger partial charge in [-0.1, -0.05) is 31.2 Å². The van der Waals surface area contributed by atoms with Gasteiger partial charge in [0, 0.05) is 13.1 Å². The lowest BCUT2D eigenvalue weighted by molar-refractivity contribution is -0.133. The van der Waals surface area contributed by atoms with Gasteiger partial charge in [0.2, 0.25) is 5.91 Å². The predicted molar refractivity (Wildman–Crippen MR) is 59.0 cm³/mol. The summed E-state index contributed by atoms with van der Waals surface area (Å²) in [7, 11) is 0. The maximum atomic E-state index is 11.8. The van der Waals surface area contributed by atoms with Crippen LogP contribution < -0.4 is 5.73 Å². The normalized spacial score (nSPS) is 16.3. The molecular formula is C12H16N2O. The number of benzene rings is 1. The van der Waals surface area contributed by atoms with Crippen LogP contribution in [-0.4, -0.2) is 16.8 Å². The van der Waals surface area contributed by atoms with Crippen LogP contribution in [0.1, 0.15) is 24.5 Å². The van der Waals surface area contributed by atoms with E-state index in [0.29, 0.717) is 19.5 Å². The van der Waals surface area contributed by atoms with Crippen LogP contribution in [0.3, 0.4) is 0 Å². The Kier molecular flexibility index (Phi) is 2.73. The Morgan fingerprint density at radius 2 is 1.93 bits per heavy atom.